The fraction of sp³-hybridized carbons (Fsp3) is 0.500. The third-order valence-corrected chi connectivity index (χ3v) is 3.22. The first-order valence-corrected chi connectivity index (χ1v) is 6.60. The highest BCUT2D eigenvalue weighted by Crippen LogP contribution is 2.27. The van der Waals surface area contributed by atoms with Crippen LogP contribution >= 0.6 is 0 Å². The Labute approximate surface area is 113 Å². The van der Waals surface area contributed by atoms with Gasteiger partial charge in [0.25, 0.3) is 0 Å². The van der Waals surface area contributed by atoms with Crippen molar-refractivity contribution in [3.05, 3.63) is 23.1 Å². The molecule has 2 aromatic heterocycles. The predicted octanol–water partition coefficient (Wildman–Crippen LogP) is 2.45. The maximum Gasteiger partial charge on any atom is 0.165 e. The quantitative estimate of drug-likeness (QED) is 0.919. The van der Waals surface area contributed by atoms with Gasteiger partial charge in [-0.1, -0.05) is 20.8 Å². The number of anilines is 1. The molecule has 0 atom stereocenters. The molecule has 0 radical (unpaired) electrons. The normalized spacial score (nSPS) is 11.3. The van der Waals surface area contributed by atoms with Crippen LogP contribution in [0.2, 0.25) is 0 Å². The Hall–Kier alpha value is -1.91. The molecule has 0 unspecified atom stereocenters. The summed E-state index contributed by atoms with van der Waals surface area (Å²) in [7, 11) is 1.90. The number of nitrogens with two attached hydrogens (primary N) is 1. The second-order valence-electron chi connectivity index (χ2n) is 5.10. The maximum atomic E-state index is 6.08. The summed E-state index contributed by atoms with van der Waals surface area (Å²) in [5, 5.41) is 4.42. The van der Waals surface area contributed by atoms with Gasteiger partial charge in [0.05, 0.1) is 11.3 Å². The lowest BCUT2D eigenvalue weighted by atomic mass is 10.0. The van der Waals surface area contributed by atoms with E-state index < -0.39 is 0 Å². The van der Waals surface area contributed by atoms with Crippen molar-refractivity contribution in [3.8, 4) is 11.4 Å². The number of nitrogen functional groups attached to an aromatic ring is 1. The van der Waals surface area contributed by atoms with E-state index in [4.69, 9.17) is 5.73 Å². The second kappa shape index (κ2) is 4.99. The molecule has 5 heteroatoms. The zero-order chi connectivity index (χ0) is 14.2. The van der Waals surface area contributed by atoms with Gasteiger partial charge in [-0.3, -0.25) is 4.68 Å². The number of hydrogen-bond acceptors (Lipinski definition) is 4. The van der Waals surface area contributed by atoms with Crippen molar-refractivity contribution in [1.82, 2.24) is 19.7 Å². The van der Waals surface area contributed by atoms with Crippen LogP contribution in [-0.2, 0) is 13.5 Å². The van der Waals surface area contributed by atoms with Gasteiger partial charge < -0.3 is 5.73 Å². The van der Waals surface area contributed by atoms with Crippen LogP contribution in [0.15, 0.2) is 6.20 Å². The molecule has 0 aliphatic heterocycles. The van der Waals surface area contributed by atoms with Gasteiger partial charge in [-0.25, -0.2) is 9.97 Å². The van der Waals surface area contributed by atoms with Crippen molar-refractivity contribution >= 4 is 5.82 Å². The minimum Gasteiger partial charge on any atom is -0.383 e. The summed E-state index contributed by atoms with van der Waals surface area (Å²) < 4.78 is 1.79. The SMILES string of the molecule is CCc1nn(C)cc1-c1nc(C)c(C(C)C)c(N)n1. The average Bonchev–Trinajstić information content (AvgIpc) is 2.69. The Kier molecular flexibility index (Phi) is 3.55. The first kappa shape index (κ1) is 13.5. The molecule has 0 aliphatic carbocycles. The Balaban J connectivity index is 2.58. The molecule has 0 fully saturated rings. The average molecular weight is 259 g/mol. The molecule has 2 rings (SSSR count). The van der Waals surface area contributed by atoms with Crippen molar-refractivity contribution in [2.75, 3.05) is 5.73 Å². The highest BCUT2D eigenvalue weighted by Gasteiger charge is 2.16. The van der Waals surface area contributed by atoms with Crippen LogP contribution in [0.25, 0.3) is 11.4 Å². The molecule has 2 aromatic rings. The lowest BCUT2D eigenvalue weighted by Crippen LogP contribution is -2.07. The Morgan fingerprint density at radius 1 is 1.32 bits per heavy atom. The summed E-state index contributed by atoms with van der Waals surface area (Å²) in [6.07, 6.45) is 2.80. The molecule has 5 nitrogen and oxygen atoms in total. The third kappa shape index (κ3) is 2.45. The van der Waals surface area contributed by atoms with E-state index >= 15 is 0 Å². The van der Waals surface area contributed by atoms with E-state index in [1.54, 1.807) is 4.68 Å². The molecular formula is C14H21N5. The van der Waals surface area contributed by atoms with Crippen LogP contribution < -0.4 is 5.73 Å². The van der Waals surface area contributed by atoms with Crippen LogP contribution in [-0.4, -0.2) is 19.7 Å². The Morgan fingerprint density at radius 2 is 2.00 bits per heavy atom. The first-order chi connectivity index (χ1) is 8.93. The van der Waals surface area contributed by atoms with E-state index in [2.05, 4.69) is 35.8 Å². The molecule has 0 saturated carbocycles. The van der Waals surface area contributed by atoms with Crippen LogP contribution in [0, 0.1) is 6.92 Å². The summed E-state index contributed by atoms with van der Waals surface area (Å²) >= 11 is 0. The van der Waals surface area contributed by atoms with Gasteiger partial charge in [0.2, 0.25) is 0 Å². The molecule has 2 N–H and O–H groups in total. The number of nitrogens with zero attached hydrogens (tertiary/aromatic N) is 4. The molecule has 2 heterocycles. The van der Waals surface area contributed by atoms with E-state index in [-0.39, 0.29) is 0 Å². The summed E-state index contributed by atoms with van der Waals surface area (Å²) in [5.41, 5.74) is 10.0. The van der Waals surface area contributed by atoms with E-state index in [0.29, 0.717) is 17.6 Å². The fourth-order valence-electron chi connectivity index (χ4n) is 2.42. The fourth-order valence-corrected chi connectivity index (χ4v) is 2.42. The molecular weight excluding hydrogens is 238 g/mol. The van der Waals surface area contributed by atoms with Crippen molar-refractivity contribution in [2.45, 2.75) is 40.0 Å². The zero-order valence-electron chi connectivity index (χ0n) is 12.2. The van der Waals surface area contributed by atoms with E-state index in [1.807, 2.05) is 20.2 Å². The first-order valence-electron chi connectivity index (χ1n) is 6.60. The standard InChI is InChI=1S/C14H21N5/c1-6-11-10(7-19(5)18-11)14-16-9(4)12(8(2)3)13(15)17-14/h7-8H,6H2,1-5H3,(H2,15,16,17). The smallest absolute Gasteiger partial charge is 0.165 e. The van der Waals surface area contributed by atoms with Crippen LogP contribution in [0.3, 0.4) is 0 Å². The molecule has 0 saturated heterocycles. The number of hydrogen-bond donors (Lipinski definition) is 1. The number of aromatic nitrogens is 4. The summed E-state index contributed by atoms with van der Waals surface area (Å²) in [4.78, 5) is 9.06. The largest absolute Gasteiger partial charge is 0.383 e. The lowest BCUT2D eigenvalue weighted by Gasteiger charge is -2.13. The van der Waals surface area contributed by atoms with Gasteiger partial charge in [0.1, 0.15) is 5.82 Å². The van der Waals surface area contributed by atoms with Gasteiger partial charge in [0.15, 0.2) is 5.82 Å². The summed E-state index contributed by atoms with van der Waals surface area (Å²) in [6.45, 7) is 8.26. The van der Waals surface area contributed by atoms with Crippen LogP contribution in [0.5, 0.6) is 0 Å². The maximum absolute atomic E-state index is 6.08. The van der Waals surface area contributed by atoms with Gasteiger partial charge in [-0.2, -0.15) is 5.10 Å². The topological polar surface area (TPSA) is 69.6 Å². The van der Waals surface area contributed by atoms with E-state index in [1.165, 1.54) is 0 Å². The molecule has 0 aromatic carbocycles. The molecule has 0 amide bonds. The van der Waals surface area contributed by atoms with Gasteiger partial charge in [-0.05, 0) is 19.3 Å². The van der Waals surface area contributed by atoms with E-state index in [0.717, 1.165) is 28.9 Å². The molecule has 0 aliphatic rings. The second-order valence-corrected chi connectivity index (χ2v) is 5.10. The summed E-state index contributed by atoms with van der Waals surface area (Å²) in [6, 6.07) is 0. The van der Waals surface area contributed by atoms with Crippen LogP contribution in [0.4, 0.5) is 5.82 Å². The molecule has 19 heavy (non-hydrogen) atoms. The third-order valence-electron chi connectivity index (χ3n) is 3.22. The van der Waals surface area contributed by atoms with Crippen molar-refractivity contribution in [2.24, 2.45) is 7.05 Å². The monoisotopic (exact) mass is 259 g/mol. The van der Waals surface area contributed by atoms with Gasteiger partial charge >= 0.3 is 0 Å². The summed E-state index contributed by atoms with van der Waals surface area (Å²) in [5.74, 6) is 1.57. The Morgan fingerprint density at radius 3 is 2.53 bits per heavy atom. The van der Waals surface area contributed by atoms with Crippen LogP contribution in [0.1, 0.15) is 43.6 Å². The van der Waals surface area contributed by atoms with Crippen molar-refractivity contribution in [3.63, 3.8) is 0 Å². The minimum absolute atomic E-state index is 0.327. The van der Waals surface area contributed by atoms with Gasteiger partial charge in [-0.15, -0.1) is 0 Å². The highest BCUT2D eigenvalue weighted by atomic mass is 15.3. The molecule has 0 spiro atoms. The minimum atomic E-state index is 0.327. The predicted molar refractivity (Wildman–Crippen MR) is 76.9 cm³/mol. The van der Waals surface area contributed by atoms with Gasteiger partial charge in [0, 0.05) is 24.5 Å². The lowest BCUT2D eigenvalue weighted by molar-refractivity contribution is 0.746. The highest BCUT2D eigenvalue weighted by molar-refractivity contribution is 5.61. The number of aryl methyl sites for hydroxylation is 3. The van der Waals surface area contributed by atoms with Crippen molar-refractivity contribution in [1.29, 1.82) is 0 Å². The molecule has 0 bridgehead atoms. The van der Waals surface area contributed by atoms with Crippen molar-refractivity contribution < 1.29 is 0 Å². The zero-order valence-corrected chi connectivity index (χ0v) is 12.2. The Bertz CT molecular complexity index is 575. The van der Waals surface area contributed by atoms with E-state index in [9.17, 15) is 0 Å². The number of rotatable bonds is 3. The molecule has 102 valence electrons.